The lowest BCUT2D eigenvalue weighted by atomic mass is 9.98. The van der Waals surface area contributed by atoms with Crippen LogP contribution < -0.4 is 10.6 Å². The molecule has 1 aliphatic heterocycles. The molecule has 2 aromatic heterocycles. The van der Waals surface area contributed by atoms with Crippen molar-refractivity contribution in [1.29, 1.82) is 0 Å². The molecule has 2 aromatic rings. The molecule has 0 amide bonds. The lowest BCUT2D eigenvalue weighted by molar-refractivity contribution is 0.169. The number of nitrogens with one attached hydrogen (secondary N) is 2. The van der Waals surface area contributed by atoms with Crippen LogP contribution >= 0.6 is 35.3 Å². The van der Waals surface area contributed by atoms with Gasteiger partial charge in [0.2, 0.25) is 0 Å². The Kier molecular flexibility index (Phi) is 10.1. The Bertz CT molecular complexity index is 662. The summed E-state index contributed by atoms with van der Waals surface area (Å²) in [5, 5.41) is 9.03. The molecular weight excluding hydrogens is 469 g/mol. The zero-order valence-electron chi connectivity index (χ0n) is 15.9. The fourth-order valence-corrected chi connectivity index (χ4v) is 4.07. The SMILES string of the molecule is CCNC(=NCc1ccccn1)NCC1CCCN(Cc2cccs2)C1.I. The van der Waals surface area contributed by atoms with Crippen LogP contribution in [0.15, 0.2) is 46.9 Å². The lowest BCUT2D eigenvalue weighted by Crippen LogP contribution is -2.44. The molecule has 0 spiro atoms. The van der Waals surface area contributed by atoms with Crippen LogP contribution in [0.3, 0.4) is 0 Å². The maximum absolute atomic E-state index is 4.67. The quantitative estimate of drug-likeness (QED) is 0.347. The Morgan fingerprint density at radius 3 is 2.96 bits per heavy atom. The standard InChI is InChI=1S/C20H29N5S.HI/c1-2-21-20(24-14-18-8-3-4-10-22-18)23-13-17-7-5-11-25(15-17)16-19-9-6-12-26-19;/h3-4,6,8-10,12,17H,2,5,7,11,13-16H2,1H3,(H2,21,23,24);1H. The third-order valence-corrected chi connectivity index (χ3v) is 5.45. The number of pyridine rings is 1. The van der Waals surface area contributed by atoms with E-state index < -0.39 is 0 Å². The highest BCUT2D eigenvalue weighted by Crippen LogP contribution is 2.19. The highest BCUT2D eigenvalue weighted by Gasteiger charge is 2.20. The van der Waals surface area contributed by atoms with E-state index in [4.69, 9.17) is 0 Å². The predicted octanol–water partition coefficient (Wildman–Crippen LogP) is 3.73. The smallest absolute Gasteiger partial charge is 0.191 e. The van der Waals surface area contributed by atoms with Crippen molar-refractivity contribution in [2.24, 2.45) is 10.9 Å². The molecule has 1 aliphatic rings. The Balaban J connectivity index is 0.00000261. The van der Waals surface area contributed by atoms with Gasteiger partial charge in [0.25, 0.3) is 0 Å². The van der Waals surface area contributed by atoms with Crippen LogP contribution in [0.1, 0.15) is 30.3 Å². The van der Waals surface area contributed by atoms with Gasteiger partial charge >= 0.3 is 0 Å². The number of aromatic nitrogens is 1. The first kappa shape index (κ1) is 22.1. The highest BCUT2D eigenvalue weighted by atomic mass is 127. The van der Waals surface area contributed by atoms with Crippen LogP contribution in [-0.2, 0) is 13.1 Å². The van der Waals surface area contributed by atoms with Gasteiger partial charge in [0.15, 0.2) is 5.96 Å². The second-order valence-electron chi connectivity index (χ2n) is 6.72. The van der Waals surface area contributed by atoms with Crippen molar-refractivity contribution >= 4 is 41.3 Å². The Hall–Kier alpha value is -1.19. The number of likely N-dealkylation sites (tertiary alicyclic amines) is 1. The van der Waals surface area contributed by atoms with Crippen molar-refractivity contribution in [1.82, 2.24) is 20.5 Å². The normalized spacial score (nSPS) is 18.0. The summed E-state index contributed by atoms with van der Waals surface area (Å²) >= 11 is 1.85. The van der Waals surface area contributed by atoms with Gasteiger partial charge in [-0.15, -0.1) is 35.3 Å². The summed E-state index contributed by atoms with van der Waals surface area (Å²) in [5.74, 6) is 1.55. The predicted molar refractivity (Wildman–Crippen MR) is 125 cm³/mol. The summed E-state index contributed by atoms with van der Waals surface area (Å²) in [6.45, 7) is 7.99. The van der Waals surface area contributed by atoms with Crippen molar-refractivity contribution in [2.75, 3.05) is 26.2 Å². The third-order valence-electron chi connectivity index (χ3n) is 4.59. The van der Waals surface area contributed by atoms with Gasteiger partial charge in [-0.05, 0) is 55.8 Å². The van der Waals surface area contributed by atoms with Crippen LogP contribution in [0, 0.1) is 5.92 Å². The zero-order chi connectivity index (χ0) is 18.0. The number of hydrogen-bond acceptors (Lipinski definition) is 4. The van der Waals surface area contributed by atoms with Gasteiger partial charge in [0.1, 0.15) is 0 Å². The monoisotopic (exact) mass is 499 g/mol. The molecule has 0 aromatic carbocycles. The number of piperidine rings is 1. The van der Waals surface area contributed by atoms with Crippen molar-refractivity contribution in [2.45, 2.75) is 32.9 Å². The minimum Gasteiger partial charge on any atom is -0.357 e. The van der Waals surface area contributed by atoms with Crippen molar-refractivity contribution in [3.05, 3.63) is 52.5 Å². The second-order valence-corrected chi connectivity index (χ2v) is 7.75. The fraction of sp³-hybridized carbons (Fsp3) is 0.500. The van der Waals surface area contributed by atoms with E-state index >= 15 is 0 Å². The molecule has 148 valence electrons. The van der Waals surface area contributed by atoms with Crippen molar-refractivity contribution in [3.63, 3.8) is 0 Å². The molecule has 27 heavy (non-hydrogen) atoms. The summed E-state index contributed by atoms with van der Waals surface area (Å²) in [6.07, 6.45) is 4.38. The second kappa shape index (κ2) is 12.3. The Labute approximate surface area is 183 Å². The van der Waals surface area contributed by atoms with E-state index in [1.54, 1.807) is 0 Å². The maximum atomic E-state index is 4.67. The van der Waals surface area contributed by atoms with Gasteiger partial charge in [-0.1, -0.05) is 12.1 Å². The summed E-state index contributed by atoms with van der Waals surface area (Å²) in [7, 11) is 0. The van der Waals surface area contributed by atoms with E-state index in [1.165, 1.54) is 24.3 Å². The average Bonchev–Trinajstić information content (AvgIpc) is 3.18. The number of aliphatic imine (C=N–C) groups is 1. The molecule has 3 heterocycles. The van der Waals surface area contributed by atoms with Crippen LogP contribution in [-0.4, -0.2) is 42.0 Å². The summed E-state index contributed by atoms with van der Waals surface area (Å²) in [4.78, 5) is 13.1. The molecule has 0 bridgehead atoms. The summed E-state index contributed by atoms with van der Waals surface area (Å²) in [5.41, 5.74) is 0.990. The molecule has 0 saturated carbocycles. The van der Waals surface area contributed by atoms with Crippen molar-refractivity contribution in [3.8, 4) is 0 Å². The number of rotatable bonds is 7. The topological polar surface area (TPSA) is 52.6 Å². The molecule has 3 rings (SSSR count). The Morgan fingerprint density at radius 1 is 1.30 bits per heavy atom. The largest absolute Gasteiger partial charge is 0.357 e. The Morgan fingerprint density at radius 2 is 2.22 bits per heavy atom. The first-order chi connectivity index (χ1) is 12.8. The van der Waals surface area contributed by atoms with Gasteiger partial charge in [0.05, 0.1) is 12.2 Å². The minimum atomic E-state index is 0. The molecule has 1 fully saturated rings. The molecule has 1 atom stereocenters. The molecule has 5 nitrogen and oxygen atoms in total. The number of nitrogens with zero attached hydrogens (tertiary/aromatic N) is 3. The van der Waals surface area contributed by atoms with Crippen LogP contribution in [0.25, 0.3) is 0 Å². The van der Waals surface area contributed by atoms with Gasteiger partial charge in [0, 0.05) is 37.3 Å². The molecule has 1 saturated heterocycles. The molecule has 1 unspecified atom stereocenters. The van der Waals surface area contributed by atoms with E-state index in [1.807, 2.05) is 35.7 Å². The fourth-order valence-electron chi connectivity index (χ4n) is 3.32. The average molecular weight is 499 g/mol. The van der Waals surface area contributed by atoms with E-state index in [-0.39, 0.29) is 24.0 Å². The molecule has 7 heteroatoms. The van der Waals surface area contributed by atoms with Crippen LogP contribution in [0.2, 0.25) is 0 Å². The summed E-state index contributed by atoms with van der Waals surface area (Å²) < 4.78 is 0. The van der Waals surface area contributed by atoms with Gasteiger partial charge in [-0.3, -0.25) is 9.88 Å². The van der Waals surface area contributed by atoms with Crippen LogP contribution in [0.4, 0.5) is 0 Å². The van der Waals surface area contributed by atoms with Gasteiger partial charge in [-0.2, -0.15) is 0 Å². The molecule has 0 radical (unpaired) electrons. The number of guanidine groups is 1. The number of thiophene rings is 1. The molecule has 0 aliphatic carbocycles. The van der Waals surface area contributed by atoms with Crippen LogP contribution in [0.5, 0.6) is 0 Å². The molecule has 2 N–H and O–H groups in total. The van der Waals surface area contributed by atoms with E-state index in [9.17, 15) is 0 Å². The first-order valence-corrected chi connectivity index (χ1v) is 10.4. The van der Waals surface area contributed by atoms with Gasteiger partial charge < -0.3 is 10.6 Å². The first-order valence-electron chi connectivity index (χ1n) is 9.50. The van der Waals surface area contributed by atoms with E-state index in [0.717, 1.165) is 37.8 Å². The van der Waals surface area contributed by atoms with E-state index in [0.29, 0.717) is 12.5 Å². The maximum Gasteiger partial charge on any atom is 0.191 e. The minimum absolute atomic E-state index is 0. The lowest BCUT2D eigenvalue weighted by Gasteiger charge is -2.32. The number of halogens is 1. The van der Waals surface area contributed by atoms with E-state index in [2.05, 4.69) is 49.9 Å². The highest BCUT2D eigenvalue weighted by molar-refractivity contribution is 14.0. The molecular formula is C20H30IN5S. The van der Waals surface area contributed by atoms with Crippen molar-refractivity contribution < 1.29 is 0 Å². The third kappa shape index (κ3) is 7.75. The zero-order valence-corrected chi connectivity index (χ0v) is 19.1. The number of hydrogen-bond donors (Lipinski definition) is 2. The summed E-state index contributed by atoms with van der Waals surface area (Å²) in [6, 6.07) is 10.3. The van der Waals surface area contributed by atoms with Gasteiger partial charge in [-0.25, -0.2) is 4.99 Å².